The number of carbonyl (C=O) groups excluding carboxylic acids is 2. The molecular formula is C25H25F3N4O4. The first-order chi connectivity index (χ1) is 17.3. The molecule has 0 bridgehead atoms. The van der Waals surface area contributed by atoms with Gasteiger partial charge in [-0.2, -0.15) is 13.2 Å². The summed E-state index contributed by atoms with van der Waals surface area (Å²) in [5, 5.41) is 2.46. The number of halogens is 3. The van der Waals surface area contributed by atoms with Gasteiger partial charge < -0.3 is 24.3 Å². The van der Waals surface area contributed by atoms with E-state index in [2.05, 4.69) is 15.2 Å². The van der Waals surface area contributed by atoms with Gasteiger partial charge in [0.05, 0.1) is 6.61 Å². The number of oxazole rings is 1. The Kier molecular flexibility index (Phi) is 7.47. The summed E-state index contributed by atoms with van der Waals surface area (Å²) in [4.78, 5) is 32.3. The molecule has 2 amide bonds. The molecule has 1 aliphatic heterocycles. The summed E-state index contributed by atoms with van der Waals surface area (Å²) >= 11 is 0. The number of hydrogen-bond donors (Lipinski definition) is 1. The van der Waals surface area contributed by atoms with Crippen molar-refractivity contribution in [3.63, 3.8) is 0 Å². The van der Waals surface area contributed by atoms with Gasteiger partial charge in [0.2, 0.25) is 11.7 Å². The van der Waals surface area contributed by atoms with E-state index in [1.165, 1.54) is 0 Å². The van der Waals surface area contributed by atoms with Gasteiger partial charge in [-0.25, -0.2) is 9.78 Å². The lowest BCUT2D eigenvalue weighted by Crippen LogP contribution is -2.35. The number of alkyl halides is 3. The highest BCUT2D eigenvalue weighted by molar-refractivity contribution is 6.04. The minimum absolute atomic E-state index is 0.290. The second kappa shape index (κ2) is 10.7. The van der Waals surface area contributed by atoms with Gasteiger partial charge in [-0.3, -0.25) is 4.79 Å². The molecule has 8 nitrogen and oxygen atoms in total. The van der Waals surface area contributed by atoms with Crippen molar-refractivity contribution in [1.29, 1.82) is 0 Å². The molecule has 1 aliphatic rings. The molecule has 4 rings (SSSR count). The predicted octanol–water partition coefficient (Wildman–Crippen LogP) is 5.28. The van der Waals surface area contributed by atoms with Crippen LogP contribution < -0.4 is 10.2 Å². The predicted molar refractivity (Wildman–Crippen MR) is 127 cm³/mol. The van der Waals surface area contributed by atoms with Gasteiger partial charge >= 0.3 is 12.3 Å². The van der Waals surface area contributed by atoms with E-state index in [4.69, 9.17) is 9.15 Å². The molecule has 0 saturated carbocycles. The number of rotatable bonds is 5. The van der Waals surface area contributed by atoms with Crippen molar-refractivity contribution in [3.05, 3.63) is 66.1 Å². The van der Waals surface area contributed by atoms with Crippen molar-refractivity contribution >= 4 is 23.4 Å². The number of hydrogen-bond acceptors (Lipinski definition) is 6. The van der Waals surface area contributed by atoms with Gasteiger partial charge in [-0.15, -0.1) is 0 Å². The largest absolute Gasteiger partial charge is 0.452 e. The van der Waals surface area contributed by atoms with Crippen LogP contribution in [-0.4, -0.2) is 54.7 Å². The Morgan fingerprint density at radius 1 is 1.03 bits per heavy atom. The maximum atomic E-state index is 13.5. The van der Waals surface area contributed by atoms with Gasteiger partial charge in [0.15, 0.2) is 5.69 Å². The Hall–Kier alpha value is -4.02. The summed E-state index contributed by atoms with van der Waals surface area (Å²) in [6.45, 7) is 4.50. The van der Waals surface area contributed by atoms with Gasteiger partial charge in [-0.05, 0) is 49.7 Å². The molecule has 0 aliphatic carbocycles. The molecule has 1 aromatic heterocycles. The van der Waals surface area contributed by atoms with Crippen LogP contribution in [-0.2, 0) is 10.9 Å². The van der Waals surface area contributed by atoms with Crippen LogP contribution >= 0.6 is 0 Å². The Morgan fingerprint density at radius 3 is 2.42 bits per heavy atom. The first-order valence-electron chi connectivity index (χ1n) is 11.5. The fourth-order valence-electron chi connectivity index (χ4n) is 3.89. The molecule has 0 radical (unpaired) electrons. The van der Waals surface area contributed by atoms with Gasteiger partial charge in [0, 0.05) is 43.1 Å². The van der Waals surface area contributed by atoms with Crippen molar-refractivity contribution < 1.29 is 31.9 Å². The van der Waals surface area contributed by atoms with Crippen molar-refractivity contribution in [1.82, 2.24) is 9.88 Å². The van der Waals surface area contributed by atoms with E-state index < -0.39 is 23.5 Å². The van der Waals surface area contributed by atoms with Crippen LogP contribution in [0.3, 0.4) is 0 Å². The third-order valence-electron chi connectivity index (χ3n) is 5.63. The highest BCUT2D eigenvalue weighted by Gasteiger charge is 2.42. The summed E-state index contributed by atoms with van der Waals surface area (Å²) in [5.74, 6) is -2.77. The van der Waals surface area contributed by atoms with Crippen LogP contribution in [0.25, 0.3) is 11.5 Å². The van der Waals surface area contributed by atoms with Crippen molar-refractivity contribution in [3.8, 4) is 11.5 Å². The lowest BCUT2D eigenvalue weighted by atomic mass is 10.2. The standard InChI is InChI=1S/C25H25F3N4O4/c1-2-35-24(34)32-14-6-13-31(15-16-32)19-11-9-18(10-12-19)29-22(33)20-21(25(26,27)28)36-23(30-20)17-7-4-3-5-8-17/h3-5,7-12H,2,6,13-16H2,1H3,(H,29,33). The molecule has 2 heterocycles. The van der Waals surface area contributed by atoms with E-state index in [1.807, 2.05) is 0 Å². The minimum atomic E-state index is -4.89. The molecule has 2 aromatic carbocycles. The fourth-order valence-corrected chi connectivity index (χ4v) is 3.89. The third-order valence-corrected chi connectivity index (χ3v) is 5.63. The van der Waals surface area contributed by atoms with E-state index >= 15 is 0 Å². The summed E-state index contributed by atoms with van der Waals surface area (Å²) in [6, 6.07) is 14.8. The van der Waals surface area contributed by atoms with Crippen LogP contribution in [0.4, 0.5) is 29.3 Å². The lowest BCUT2D eigenvalue weighted by molar-refractivity contribution is -0.153. The number of ether oxygens (including phenoxy) is 1. The van der Waals surface area contributed by atoms with Crippen LogP contribution in [0.5, 0.6) is 0 Å². The number of anilines is 2. The second-order valence-electron chi connectivity index (χ2n) is 8.09. The van der Waals surface area contributed by atoms with Crippen LogP contribution in [0.15, 0.2) is 59.0 Å². The van der Waals surface area contributed by atoms with Gasteiger partial charge in [0.25, 0.3) is 5.91 Å². The molecule has 190 valence electrons. The molecule has 0 spiro atoms. The lowest BCUT2D eigenvalue weighted by Gasteiger charge is -2.23. The van der Waals surface area contributed by atoms with Crippen molar-refractivity contribution in [2.24, 2.45) is 0 Å². The highest BCUT2D eigenvalue weighted by Crippen LogP contribution is 2.35. The zero-order valence-corrected chi connectivity index (χ0v) is 19.5. The van der Waals surface area contributed by atoms with E-state index in [9.17, 15) is 22.8 Å². The second-order valence-corrected chi connectivity index (χ2v) is 8.09. The Morgan fingerprint density at radius 2 is 1.75 bits per heavy atom. The number of aromatic nitrogens is 1. The van der Waals surface area contributed by atoms with Gasteiger partial charge in [0.1, 0.15) is 0 Å². The first-order valence-corrected chi connectivity index (χ1v) is 11.5. The summed E-state index contributed by atoms with van der Waals surface area (Å²) in [7, 11) is 0. The SMILES string of the molecule is CCOC(=O)N1CCCN(c2ccc(NC(=O)c3nc(-c4ccccc4)oc3C(F)(F)F)cc2)CC1. The maximum Gasteiger partial charge on any atom is 0.452 e. The fraction of sp³-hybridized carbons (Fsp3) is 0.320. The summed E-state index contributed by atoms with van der Waals surface area (Å²) < 4.78 is 50.6. The van der Waals surface area contributed by atoms with E-state index in [0.29, 0.717) is 37.5 Å². The molecule has 11 heteroatoms. The molecule has 1 fully saturated rings. The number of amides is 2. The zero-order valence-electron chi connectivity index (χ0n) is 19.5. The zero-order chi connectivity index (χ0) is 25.7. The normalized spacial score (nSPS) is 14.3. The average molecular weight is 502 g/mol. The Bertz CT molecular complexity index is 1200. The third kappa shape index (κ3) is 5.78. The monoisotopic (exact) mass is 502 g/mol. The maximum absolute atomic E-state index is 13.5. The molecule has 1 N–H and O–H groups in total. The van der Waals surface area contributed by atoms with E-state index in [0.717, 1.165) is 18.7 Å². The first kappa shape index (κ1) is 25.1. The van der Waals surface area contributed by atoms with Crippen molar-refractivity contribution in [2.45, 2.75) is 19.5 Å². The highest BCUT2D eigenvalue weighted by atomic mass is 19.4. The topological polar surface area (TPSA) is 87.9 Å². The minimum Gasteiger partial charge on any atom is -0.450 e. The van der Waals surface area contributed by atoms with E-state index in [-0.39, 0.29) is 12.0 Å². The van der Waals surface area contributed by atoms with Crippen molar-refractivity contribution in [2.75, 3.05) is 43.0 Å². The number of benzene rings is 2. The quantitative estimate of drug-likeness (QED) is 0.511. The number of carbonyl (C=O) groups is 2. The molecule has 3 aromatic rings. The van der Waals surface area contributed by atoms with Crippen LogP contribution in [0.1, 0.15) is 29.6 Å². The molecule has 36 heavy (non-hydrogen) atoms. The molecular weight excluding hydrogens is 477 g/mol. The van der Waals surface area contributed by atoms with E-state index in [1.54, 1.807) is 66.4 Å². The Balaban J connectivity index is 1.46. The summed E-state index contributed by atoms with van der Waals surface area (Å²) in [5.41, 5.74) is 0.661. The van der Waals surface area contributed by atoms with Crippen LogP contribution in [0.2, 0.25) is 0 Å². The average Bonchev–Trinajstić information content (AvgIpc) is 3.19. The van der Waals surface area contributed by atoms with Gasteiger partial charge in [-0.1, -0.05) is 18.2 Å². The number of nitrogens with one attached hydrogen (secondary N) is 1. The number of nitrogens with zero attached hydrogens (tertiary/aromatic N) is 3. The smallest absolute Gasteiger partial charge is 0.450 e. The summed E-state index contributed by atoms with van der Waals surface area (Å²) in [6.07, 6.45) is -4.47. The molecule has 0 atom stereocenters. The van der Waals surface area contributed by atoms with Crippen LogP contribution in [0, 0.1) is 0 Å². The molecule has 0 unspecified atom stereocenters. The molecule has 1 saturated heterocycles. The Labute approximate surface area is 205 Å².